The number of ether oxygens (including phenoxy) is 1. The van der Waals surface area contributed by atoms with E-state index in [0.29, 0.717) is 6.61 Å². The maximum absolute atomic E-state index is 9.63. The van der Waals surface area contributed by atoms with E-state index in [0.717, 1.165) is 16.3 Å². The molecule has 1 aromatic heterocycles. The Morgan fingerprint density at radius 3 is 1.95 bits per heavy atom. The van der Waals surface area contributed by atoms with E-state index in [1.807, 2.05) is 54.6 Å². The highest BCUT2D eigenvalue weighted by Gasteiger charge is 1.88. The second-order valence-corrected chi connectivity index (χ2v) is 3.98. The van der Waals surface area contributed by atoms with Gasteiger partial charge in [0.25, 0.3) is 0 Å². The Balaban J connectivity index is 0.000000147. The zero-order valence-corrected chi connectivity index (χ0v) is 10.8. The number of carbonyl (C=O) groups excluding carboxylic acids is 1. The van der Waals surface area contributed by atoms with Gasteiger partial charge in [-0.25, -0.2) is 4.79 Å². The van der Waals surface area contributed by atoms with Crippen LogP contribution in [-0.2, 0) is 16.1 Å². The quantitative estimate of drug-likeness (QED) is 0.730. The highest BCUT2D eigenvalue weighted by molar-refractivity contribution is 5.80. The van der Waals surface area contributed by atoms with E-state index < -0.39 is 0 Å². The number of rotatable bonds is 3. The molecule has 4 heteroatoms. The Labute approximate surface area is 117 Å². The van der Waals surface area contributed by atoms with Gasteiger partial charge in [0.1, 0.15) is 6.61 Å². The van der Waals surface area contributed by atoms with E-state index in [2.05, 4.69) is 14.9 Å². The fourth-order valence-corrected chi connectivity index (χ4v) is 1.62. The van der Waals surface area contributed by atoms with Crippen LogP contribution in [0, 0.1) is 0 Å². The summed E-state index contributed by atoms with van der Waals surface area (Å²) in [5.74, 6) is 0. The van der Waals surface area contributed by atoms with Gasteiger partial charge in [-0.05, 0) is 5.56 Å². The SMILES string of the molecule is O=[C]OCc1ccccc1.c1ccc2cnncc2c1. The minimum atomic E-state index is 0.310. The maximum atomic E-state index is 9.63. The van der Waals surface area contributed by atoms with Crippen LogP contribution in [0.1, 0.15) is 5.56 Å². The Morgan fingerprint density at radius 2 is 1.40 bits per heavy atom. The molecule has 0 amide bonds. The zero-order chi connectivity index (χ0) is 14.0. The minimum Gasteiger partial charge on any atom is -0.452 e. The van der Waals surface area contributed by atoms with Gasteiger partial charge in [-0.1, -0.05) is 54.6 Å². The molecule has 0 spiro atoms. The Morgan fingerprint density at radius 1 is 0.850 bits per heavy atom. The molecule has 0 atom stereocenters. The van der Waals surface area contributed by atoms with Crippen LogP contribution in [0.25, 0.3) is 10.8 Å². The van der Waals surface area contributed by atoms with Crippen LogP contribution in [0.4, 0.5) is 0 Å². The van der Waals surface area contributed by atoms with Crippen molar-refractivity contribution in [1.29, 1.82) is 0 Å². The summed E-state index contributed by atoms with van der Waals surface area (Å²) in [4.78, 5) is 9.63. The highest BCUT2D eigenvalue weighted by Crippen LogP contribution is 2.08. The van der Waals surface area contributed by atoms with Crippen molar-refractivity contribution in [3.63, 3.8) is 0 Å². The first-order valence-electron chi connectivity index (χ1n) is 6.08. The third kappa shape index (κ3) is 4.17. The number of benzene rings is 2. The van der Waals surface area contributed by atoms with Gasteiger partial charge in [0.05, 0.1) is 12.4 Å². The molecule has 4 nitrogen and oxygen atoms in total. The summed E-state index contributed by atoms with van der Waals surface area (Å²) in [5, 5.41) is 9.80. The average Bonchev–Trinajstić information content (AvgIpc) is 2.55. The summed E-state index contributed by atoms with van der Waals surface area (Å²) in [6.07, 6.45) is 3.52. The Bertz CT molecular complexity index is 591. The van der Waals surface area contributed by atoms with Crippen molar-refractivity contribution in [2.45, 2.75) is 6.61 Å². The predicted octanol–water partition coefficient (Wildman–Crippen LogP) is 2.90. The number of hydrogen-bond acceptors (Lipinski definition) is 4. The van der Waals surface area contributed by atoms with Crippen molar-refractivity contribution in [3.05, 3.63) is 72.6 Å². The van der Waals surface area contributed by atoms with E-state index in [1.165, 1.54) is 6.47 Å². The summed E-state index contributed by atoms with van der Waals surface area (Å²) >= 11 is 0. The largest absolute Gasteiger partial charge is 0.452 e. The van der Waals surface area contributed by atoms with Crippen LogP contribution in [0.5, 0.6) is 0 Å². The van der Waals surface area contributed by atoms with Crippen LogP contribution >= 0.6 is 0 Å². The lowest BCUT2D eigenvalue weighted by atomic mass is 10.2. The van der Waals surface area contributed by atoms with Gasteiger partial charge in [0.2, 0.25) is 0 Å². The van der Waals surface area contributed by atoms with Crippen LogP contribution in [0.3, 0.4) is 0 Å². The minimum absolute atomic E-state index is 0.310. The van der Waals surface area contributed by atoms with Crippen molar-refractivity contribution in [2.24, 2.45) is 0 Å². The maximum Gasteiger partial charge on any atom is 0.417 e. The summed E-state index contributed by atoms with van der Waals surface area (Å²) < 4.78 is 4.41. The molecular formula is C16H13N2O2. The van der Waals surface area contributed by atoms with E-state index >= 15 is 0 Å². The van der Waals surface area contributed by atoms with Crippen LogP contribution in [0.15, 0.2) is 67.0 Å². The van der Waals surface area contributed by atoms with Gasteiger partial charge in [-0.3, -0.25) is 0 Å². The summed E-state index contributed by atoms with van der Waals surface area (Å²) in [7, 11) is 0. The highest BCUT2D eigenvalue weighted by atomic mass is 16.5. The molecule has 0 unspecified atom stereocenters. The van der Waals surface area contributed by atoms with Crippen molar-refractivity contribution in [1.82, 2.24) is 10.2 Å². The van der Waals surface area contributed by atoms with Crippen LogP contribution in [0.2, 0.25) is 0 Å². The molecule has 3 aromatic rings. The lowest BCUT2D eigenvalue weighted by molar-refractivity contribution is 0.267. The third-order valence-electron chi connectivity index (χ3n) is 2.60. The fraction of sp³-hybridized carbons (Fsp3) is 0.0625. The molecule has 20 heavy (non-hydrogen) atoms. The van der Waals surface area contributed by atoms with Crippen molar-refractivity contribution in [2.75, 3.05) is 0 Å². The number of aromatic nitrogens is 2. The van der Waals surface area contributed by atoms with E-state index in [9.17, 15) is 4.79 Å². The first kappa shape index (κ1) is 13.7. The molecule has 0 fully saturated rings. The van der Waals surface area contributed by atoms with E-state index in [4.69, 9.17) is 0 Å². The van der Waals surface area contributed by atoms with Crippen LogP contribution in [-0.4, -0.2) is 16.7 Å². The molecular weight excluding hydrogens is 252 g/mol. The lowest BCUT2D eigenvalue weighted by Crippen LogP contribution is -1.87. The molecule has 0 aliphatic carbocycles. The summed E-state index contributed by atoms with van der Waals surface area (Å²) in [5.41, 5.74) is 0.978. The molecule has 1 radical (unpaired) electrons. The third-order valence-corrected chi connectivity index (χ3v) is 2.60. The molecule has 0 aliphatic rings. The number of fused-ring (bicyclic) bond motifs is 1. The second-order valence-electron chi connectivity index (χ2n) is 3.98. The number of nitrogens with zero attached hydrogens (tertiary/aromatic N) is 2. The standard InChI is InChI=1S/C8H6N2.C8H7O2/c1-2-4-8-6-10-9-5-7(8)3-1;9-7-10-6-8-4-2-1-3-5-8/h1-6H;1-5H,6H2. The topological polar surface area (TPSA) is 52.1 Å². The molecule has 0 N–H and O–H groups in total. The molecule has 1 heterocycles. The second kappa shape index (κ2) is 7.63. The molecule has 0 saturated heterocycles. The van der Waals surface area contributed by atoms with E-state index in [-0.39, 0.29) is 0 Å². The number of hydrogen-bond donors (Lipinski definition) is 0. The fourth-order valence-electron chi connectivity index (χ4n) is 1.62. The van der Waals surface area contributed by atoms with Gasteiger partial charge >= 0.3 is 6.47 Å². The van der Waals surface area contributed by atoms with Crippen molar-refractivity contribution in [3.8, 4) is 0 Å². The van der Waals surface area contributed by atoms with Gasteiger partial charge in [0, 0.05) is 10.8 Å². The molecule has 2 aromatic carbocycles. The van der Waals surface area contributed by atoms with Crippen LogP contribution < -0.4 is 0 Å². The van der Waals surface area contributed by atoms with Gasteiger partial charge in [-0.15, -0.1) is 0 Å². The summed E-state index contributed by atoms with van der Waals surface area (Å²) in [6, 6.07) is 17.5. The van der Waals surface area contributed by atoms with Gasteiger partial charge in [0.15, 0.2) is 0 Å². The van der Waals surface area contributed by atoms with Gasteiger partial charge in [-0.2, -0.15) is 10.2 Å². The molecule has 0 saturated carbocycles. The summed E-state index contributed by atoms with van der Waals surface area (Å²) in [6.45, 7) is 1.68. The molecule has 3 rings (SSSR count). The lowest BCUT2D eigenvalue weighted by Gasteiger charge is -1.95. The molecule has 0 aliphatic heterocycles. The smallest absolute Gasteiger partial charge is 0.417 e. The Hall–Kier alpha value is -2.75. The monoisotopic (exact) mass is 265 g/mol. The predicted molar refractivity (Wildman–Crippen MR) is 76.5 cm³/mol. The first-order chi connectivity index (χ1) is 9.90. The van der Waals surface area contributed by atoms with Crippen molar-refractivity contribution >= 4 is 17.2 Å². The normalized spacial score (nSPS) is 9.40. The average molecular weight is 265 g/mol. The van der Waals surface area contributed by atoms with Gasteiger partial charge < -0.3 is 4.74 Å². The Kier molecular flexibility index (Phi) is 5.22. The molecule has 0 bridgehead atoms. The van der Waals surface area contributed by atoms with E-state index in [1.54, 1.807) is 12.4 Å². The first-order valence-corrected chi connectivity index (χ1v) is 6.08. The molecule has 99 valence electrons. The zero-order valence-electron chi connectivity index (χ0n) is 10.8. The van der Waals surface area contributed by atoms with Crippen molar-refractivity contribution < 1.29 is 9.53 Å².